The number of nitrogens with one attached hydrogen (secondary N) is 1. The minimum Gasteiger partial charge on any atom is -0.437 e. The topological polar surface area (TPSA) is 38.7 Å². The van der Waals surface area contributed by atoms with Gasteiger partial charge in [0, 0.05) is 43.3 Å². The van der Waals surface area contributed by atoms with Gasteiger partial charge in [-0.25, -0.2) is 0 Å². The van der Waals surface area contributed by atoms with Crippen molar-refractivity contribution in [1.29, 1.82) is 0 Å². The average Bonchev–Trinajstić information content (AvgIpc) is 3.13. The van der Waals surface area contributed by atoms with Crippen molar-refractivity contribution in [3.05, 3.63) is 52.2 Å². The van der Waals surface area contributed by atoms with Crippen LogP contribution in [0, 0.1) is 0 Å². The lowest BCUT2D eigenvalue weighted by Crippen LogP contribution is -2.44. The molecule has 1 aromatic heterocycles. The Morgan fingerprint density at radius 2 is 2.00 bits per heavy atom. The maximum Gasteiger partial charge on any atom is 0.376 e. The largest absolute Gasteiger partial charge is 0.437 e. The molecule has 1 aliphatic rings. The molecule has 0 saturated carbocycles. The maximum atomic E-state index is 10.2. The van der Waals surface area contributed by atoms with Gasteiger partial charge in [0.1, 0.15) is 0 Å². The van der Waals surface area contributed by atoms with Crippen molar-refractivity contribution in [3.8, 4) is 0 Å². The highest BCUT2D eigenvalue weighted by Crippen LogP contribution is 2.23. The summed E-state index contributed by atoms with van der Waals surface area (Å²) in [5.41, 5.74) is 2.60. The number of rotatable bonds is 7. The van der Waals surface area contributed by atoms with Crippen LogP contribution in [0.1, 0.15) is 10.4 Å². The van der Waals surface area contributed by atoms with E-state index >= 15 is 0 Å². The van der Waals surface area contributed by atoms with Gasteiger partial charge >= 0.3 is 7.05 Å². The van der Waals surface area contributed by atoms with E-state index < -0.39 is 7.05 Å². The lowest BCUT2D eigenvalue weighted by atomic mass is 9.84. The number of anilines is 1. The van der Waals surface area contributed by atoms with Gasteiger partial charge in [0.15, 0.2) is 0 Å². The van der Waals surface area contributed by atoms with Gasteiger partial charge in [0.05, 0.1) is 0 Å². The summed E-state index contributed by atoms with van der Waals surface area (Å²) in [4.78, 5) is 5.97. The minimum absolute atomic E-state index is 0.443. The molecule has 0 amide bonds. The first-order valence-corrected chi connectivity index (χ1v) is 9.60. The lowest BCUT2D eigenvalue weighted by molar-refractivity contribution is 0.363. The Hall–Kier alpha value is -1.34. The third-order valence-corrected chi connectivity index (χ3v) is 5.51. The first kappa shape index (κ1) is 17.5. The number of thiophene rings is 1. The molecular formula is C18H26BN3OS. The molecule has 4 nitrogen and oxygen atoms in total. The van der Waals surface area contributed by atoms with Gasteiger partial charge in [-0.2, -0.15) is 0 Å². The lowest BCUT2D eigenvalue weighted by Gasteiger charge is -2.32. The highest BCUT2D eigenvalue weighted by molar-refractivity contribution is 7.09. The molecule has 0 aliphatic carbocycles. The number of hydrogen-bond acceptors (Lipinski definition) is 5. The molecule has 1 aromatic carbocycles. The second kappa shape index (κ2) is 8.67. The highest BCUT2D eigenvalue weighted by atomic mass is 32.1. The molecule has 1 aliphatic heterocycles. The number of benzene rings is 1. The van der Waals surface area contributed by atoms with Crippen LogP contribution in [0.15, 0.2) is 41.8 Å². The zero-order valence-corrected chi connectivity index (χ0v) is 15.1. The molecule has 2 heterocycles. The van der Waals surface area contributed by atoms with Gasteiger partial charge in [0.2, 0.25) is 0 Å². The van der Waals surface area contributed by atoms with Crippen molar-refractivity contribution in [2.75, 3.05) is 37.6 Å². The number of piperazine rings is 1. The van der Waals surface area contributed by atoms with Crippen molar-refractivity contribution in [2.45, 2.75) is 19.8 Å². The van der Waals surface area contributed by atoms with Gasteiger partial charge in [-0.3, -0.25) is 0 Å². The van der Waals surface area contributed by atoms with Gasteiger partial charge < -0.3 is 20.1 Å². The standard InChI is InChI=1S/C18H26BN3OS/c1-19(23)22(11-8-17-6-4-14-24-17)15-16-5-2-3-7-18(16)21-12-9-20-10-13-21/h2-7,14,20,23H,8-13,15H2,1H3. The maximum absolute atomic E-state index is 10.2. The van der Waals surface area contributed by atoms with E-state index in [4.69, 9.17) is 0 Å². The van der Waals surface area contributed by atoms with Gasteiger partial charge in [-0.15, -0.1) is 11.3 Å². The highest BCUT2D eigenvalue weighted by Gasteiger charge is 2.20. The Morgan fingerprint density at radius 1 is 1.21 bits per heavy atom. The number of para-hydroxylation sites is 1. The number of nitrogens with zero attached hydrogens (tertiary/aromatic N) is 2. The minimum atomic E-state index is -0.443. The zero-order valence-electron chi connectivity index (χ0n) is 14.3. The molecule has 24 heavy (non-hydrogen) atoms. The van der Waals surface area contributed by atoms with Crippen molar-refractivity contribution >= 4 is 24.1 Å². The smallest absolute Gasteiger partial charge is 0.376 e. The quantitative estimate of drug-likeness (QED) is 0.757. The van der Waals surface area contributed by atoms with Gasteiger partial charge in [0.25, 0.3) is 0 Å². The van der Waals surface area contributed by atoms with E-state index in [-0.39, 0.29) is 0 Å². The van der Waals surface area contributed by atoms with E-state index in [0.717, 1.165) is 45.7 Å². The summed E-state index contributed by atoms with van der Waals surface area (Å²) in [5, 5.41) is 15.7. The first-order valence-electron chi connectivity index (χ1n) is 8.72. The predicted octanol–water partition coefficient (Wildman–Crippen LogP) is 2.31. The van der Waals surface area contributed by atoms with Gasteiger partial charge in [-0.1, -0.05) is 24.3 Å². The van der Waals surface area contributed by atoms with Crippen LogP contribution < -0.4 is 10.2 Å². The Kier molecular flexibility index (Phi) is 6.32. The van der Waals surface area contributed by atoms with Crippen LogP contribution in [-0.2, 0) is 13.0 Å². The van der Waals surface area contributed by atoms with Crippen molar-refractivity contribution in [1.82, 2.24) is 10.1 Å². The SMILES string of the molecule is CB(O)N(CCc1cccs1)Cc1ccccc1N1CCNCC1. The van der Waals surface area contributed by atoms with E-state index in [1.54, 1.807) is 11.3 Å². The zero-order chi connectivity index (χ0) is 16.8. The summed E-state index contributed by atoms with van der Waals surface area (Å²) < 4.78 is 0. The van der Waals surface area contributed by atoms with Crippen LogP contribution >= 0.6 is 11.3 Å². The van der Waals surface area contributed by atoms with Crippen LogP contribution in [-0.4, -0.2) is 49.6 Å². The third-order valence-electron chi connectivity index (χ3n) is 4.58. The Morgan fingerprint density at radius 3 is 2.71 bits per heavy atom. The summed E-state index contributed by atoms with van der Waals surface area (Å²) in [6.45, 7) is 7.67. The summed E-state index contributed by atoms with van der Waals surface area (Å²) in [6, 6.07) is 12.9. The molecule has 1 fully saturated rings. The summed E-state index contributed by atoms with van der Waals surface area (Å²) in [6.07, 6.45) is 0.984. The molecule has 0 bridgehead atoms. The summed E-state index contributed by atoms with van der Waals surface area (Å²) >= 11 is 1.79. The Labute approximate surface area is 149 Å². The fourth-order valence-electron chi connectivity index (χ4n) is 3.18. The molecule has 128 valence electrons. The molecule has 0 radical (unpaired) electrons. The third kappa shape index (κ3) is 4.60. The Bertz CT molecular complexity index is 614. The first-order chi connectivity index (χ1) is 11.7. The van der Waals surface area contributed by atoms with Crippen LogP contribution in [0.2, 0.25) is 6.82 Å². The second-order valence-electron chi connectivity index (χ2n) is 6.30. The monoisotopic (exact) mass is 343 g/mol. The van der Waals surface area contributed by atoms with Crippen LogP contribution in [0.3, 0.4) is 0 Å². The molecule has 1 saturated heterocycles. The Balaban J connectivity index is 1.69. The molecule has 2 N–H and O–H groups in total. The molecule has 0 atom stereocenters. The van der Waals surface area contributed by atoms with E-state index in [0.29, 0.717) is 0 Å². The molecule has 0 spiro atoms. The van der Waals surface area contributed by atoms with Gasteiger partial charge in [-0.05, 0) is 42.9 Å². The number of hydrogen-bond donors (Lipinski definition) is 2. The predicted molar refractivity (Wildman–Crippen MR) is 104 cm³/mol. The van der Waals surface area contributed by atoms with E-state index in [1.807, 2.05) is 6.82 Å². The molecular weight excluding hydrogens is 317 g/mol. The fourth-order valence-corrected chi connectivity index (χ4v) is 3.88. The summed E-state index contributed by atoms with van der Waals surface area (Å²) in [7, 11) is -0.443. The average molecular weight is 343 g/mol. The molecule has 0 unspecified atom stereocenters. The van der Waals surface area contributed by atoms with Crippen LogP contribution in [0.25, 0.3) is 0 Å². The molecule has 3 rings (SSSR count). The second-order valence-corrected chi connectivity index (χ2v) is 7.33. The van der Waals surface area contributed by atoms with Crippen molar-refractivity contribution in [2.24, 2.45) is 0 Å². The van der Waals surface area contributed by atoms with E-state index in [9.17, 15) is 5.02 Å². The van der Waals surface area contributed by atoms with Crippen molar-refractivity contribution < 1.29 is 5.02 Å². The normalized spacial score (nSPS) is 15.0. The van der Waals surface area contributed by atoms with E-state index in [2.05, 4.69) is 56.8 Å². The molecule has 2 aromatic rings. The van der Waals surface area contributed by atoms with E-state index in [1.165, 1.54) is 16.1 Å². The molecule has 6 heteroatoms. The fraction of sp³-hybridized carbons (Fsp3) is 0.444. The van der Waals surface area contributed by atoms with Crippen molar-refractivity contribution in [3.63, 3.8) is 0 Å². The summed E-state index contributed by atoms with van der Waals surface area (Å²) in [5.74, 6) is 0. The van der Waals surface area contributed by atoms with Crippen LogP contribution in [0.4, 0.5) is 5.69 Å². The van der Waals surface area contributed by atoms with Crippen LogP contribution in [0.5, 0.6) is 0 Å².